The number of carbonyl (C=O) groups excluding carboxylic acids is 1. The lowest BCUT2D eigenvalue weighted by Gasteiger charge is -2.11. The number of amides is 1. The predicted octanol–water partition coefficient (Wildman–Crippen LogP) is 3.19. The normalized spacial score (nSPS) is 15.8. The fraction of sp³-hybridized carbons (Fsp3) is 0.267. The Labute approximate surface area is 125 Å². The van der Waals surface area contributed by atoms with Crippen molar-refractivity contribution < 1.29 is 13.9 Å². The number of rotatable bonds is 2. The molecule has 1 aliphatic rings. The first kappa shape index (κ1) is 13.2. The molecule has 5 heteroatoms. The van der Waals surface area contributed by atoms with Crippen LogP contribution in [0.15, 0.2) is 34.9 Å². The quantitative estimate of drug-likeness (QED) is 0.857. The molecule has 2 aromatic rings. The van der Waals surface area contributed by atoms with Crippen LogP contribution < -0.4 is 10.1 Å². The molecule has 1 aliphatic heterocycles. The zero-order valence-corrected chi connectivity index (χ0v) is 12.6. The monoisotopic (exact) mass is 335 g/mol. The van der Waals surface area contributed by atoms with Crippen LogP contribution >= 0.6 is 15.9 Å². The third kappa shape index (κ3) is 2.45. The standard InChI is InChI=1S/C15H14BrNO3/c1-9-6-11(8-20-9)14(16)10-2-3-13-12(7-10)15(18)17-4-5-19-13/h2-3,6-8,14H,4-5H2,1H3,(H,17,18). The Morgan fingerprint density at radius 2 is 2.15 bits per heavy atom. The SMILES string of the molecule is Cc1cc(C(Br)c2ccc3c(c2)C(=O)NCCO3)co1. The smallest absolute Gasteiger partial charge is 0.255 e. The average Bonchev–Trinajstić information content (AvgIpc) is 2.80. The van der Waals surface area contributed by atoms with Crippen molar-refractivity contribution in [2.75, 3.05) is 13.2 Å². The number of benzene rings is 1. The fourth-order valence-corrected chi connectivity index (χ4v) is 2.74. The lowest BCUT2D eigenvalue weighted by Crippen LogP contribution is -2.24. The first-order chi connectivity index (χ1) is 9.65. The van der Waals surface area contributed by atoms with Crippen molar-refractivity contribution in [2.45, 2.75) is 11.8 Å². The number of halogens is 1. The highest BCUT2D eigenvalue weighted by Gasteiger charge is 2.20. The average molecular weight is 336 g/mol. The zero-order valence-electron chi connectivity index (χ0n) is 11.0. The summed E-state index contributed by atoms with van der Waals surface area (Å²) in [4.78, 5) is 12.0. The van der Waals surface area contributed by atoms with E-state index in [2.05, 4.69) is 21.2 Å². The molecule has 1 unspecified atom stereocenters. The van der Waals surface area contributed by atoms with Gasteiger partial charge in [0.15, 0.2) is 0 Å². The molecule has 1 amide bonds. The topological polar surface area (TPSA) is 51.5 Å². The number of alkyl halides is 1. The van der Waals surface area contributed by atoms with Crippen LogP contribution in [0.5, 0.6) is 5.75 Å². The molecule has 0 radical (unpaired) electrons. The second kappa shape index (κ2) is 5.32. The maximum atomic E-state index is 12.0. The van der Waals surface area contributed by atoms with Crippen LogP contribution in [0, 0.1) is 6.92 Å². The molecule has 20 heavy (non-hydrogen) atoms. The largest absolute Gasteiger partial charge is 0.491 e. The van der Waals surface area contributed by atoms with Gasteiger partial charge in [-0.15, -0.1) is 0 Å². The Kier molecular flexibility index (Phi) is 3.53. The van der Waals surface area contributed by atoms with Gasteiger partial charge >= 0.3 is 0 Å². The predicted molar refractivity (Wildman–Crippen MR) is 78.5 cm³/mol. The molecule has 0 aliphatic carbocycles. The van der Waals surface area contributed by atoms with E-state index in [1.807, 2.05) is 31.2 Å². The van der Waals surface area contributed by atoms with E-state index < -0.39 is 0 Å². The molecule has 1 atom stereocenters. The lowest BCUT2D eigenvalue weighted by molar-refractivity contribution is 0.0957. The van der Waals surface area contributed by atoms with Crippen molar-refractivity contribution in [3.05, 3.63) is 53.0 Å². The van der Waals surface area contributed by atoms with Gasteiger partial charge in [0.1, 0.15) is 18.1 Å². The molecule has 2 heterocycles. The summed E-state index contributed by atoms with van der Waals surface area (Å²) < 4.78 is 10.9. The van der Waals surface area contributed by atoms with Crippen LogP contribution in [0.3, 0.4) is 0 Å². The Morgan fingerprint density at radius 1 is 1.30 bits per heavy atom. The van der Waals surface area contributed by atoms with E-state index in [1.165, 1.54) is 0 Å². The van der Waals surface area contributed by atoms with Crippen molar-refractivity contribution >= 4 is 21.8 Å². The number of carbonyl (C=O) groups is 1. The van der Waals surface area contributed by atoms with E-state index in [1.54, 1.807) is 6.26 Å². The Bertz CT molecular complexity index is 650. The molecular formula is C15H14BrNO3. The van der Waals surface area contributed by atoms with Crippen LogP contribution in [-0.4, -0.2) is 19.1 Å². The van der Waals surface area contributed by atoms with Gasteiger partial charge in [-0.05, 0) is 30.7 Å². The Balaban J connectivity index is 1.97. The van der Waals surface area contributed by atoms with E-state index in [0.29, 0.717) is 24.5 Å². The molecule has 1 aromatic heterocycles. The zero-order chi connectivity index (χ0) is 14.1. The minimum absolute atomic E-state index is 0.0127. The number of aryl methyl sites for hydroxylation is 1. The highest BCUT2D eigenvalue weighted by atomic mass is 79.9. The van der Waals surface area contributed by atoms with Gasteiger partial charge in [-0.25, -0.2) is 0 Å². The molecule has 0 saturated heterocycles. The highest BCUT2D eigenvalue weighted by molar-refractivity contribution is 9.09. The van der Waals surface area contributed by atoms with Gasteiger partial charge in [0.05, 0.1) is 23.2 Å². The molecule has 3 rings (SSSR count). The second-order valence-electron chi connectivity index (χ2n) is 4.71. The molecule has 104 valence electrons. The summed E-state index contributed by atoms with van der Waals surface area (Å²) in [6.45, 7) is 2.93. The fourth-order valence-electron chi connectivity index (χ4n) is 2.22. The third-order valence-corrected chi connectivity index (χ3v) is 4.29. The van der Waals surface area contributed by atoms with E-state index in [0.717, 1.165) is 16.9 Å². The number of ether oxygens (including phenoxy) is 1. The molecule has 1 N–H and O–H groups in total. The Hall–Kier alpha value is -1.75. The van der Waals surface area contributed by atoms with Gasteiger partial charge in [-0.2, -0.15) is 0 Å². The maximum absolute atomic E-state index is 12.0. The maximum Gasteiger partial charge on any atom is 0.255 e. The third-order valence-electron chi connectivity index (χ3n) is 3.23. The van der Waals surface area contributed by atoms with E-state index >= 15 is 0 Å². The van der Waals surface area contributed by atoms with E-state index in [4.69, 9.17) is 9.15 Å². The van der Waals surface area contributed by atoms with Gasteiger partial charge in [0.25, 0.3) is 5.91 Å². The summed E-state index contributed by atoms with van der Waals surface area (Å²) in [6, 6.07) is 7.63. The van der Waals surface area contributed by atoms with Crippen molar-refractivity contribution in [3.63, 3.8) is 0 Å². The molecule has 4 nitrogen and oxygen atoms in total. The number of fused-ring (bicyclic) bond motifs is 1. The summed E-state index contributed by atoms with van der Waals surface area (Å²) in [7, 11) is 0. The van der Waals surface area contributed by atoms with E-state index in [-0.39, 0.29) is 10.7 Å². The minimum Gasteiger partial charge on any atom is -0.491 e. The second-order valence-corrected chi connectivity index (χ2v) is 5.63. The van der Waals surface area contributed by atoms with Crippen LogP contribution in [0.25, 0.3) is 0 Å². The first-order valence-electron chi connectivity index (χ1n) is 6.39. The number of furan rings is 1. The van der Waals surface area contributed by atoms with Crippen LogP contribution in [0.1, 0.15) is 32.1 Å². The molecular weight excluding hydrogens is 322 g/mol. The van der Waals surface area contributed by atoms with Crippen LogP contribution in [0.2, 0.25) is 0 Å². The number of hydrogen-bond donors (Lipinski definition) is 1. The molecule has 0 saturated carbocycles. The summed E-state index contributed by atoms with van der Waals surface area (Å²) in [5.41, 5.74) is 2.59. The summed E-state index contributed by atoms with van der Waals surface area (Å²) in [5.74, 6) is 1.40. The van der Waals surface area contributed by atoms with E-state index in [9.17, 15) is 4.79 Å². The van der Waals surface area contributed by atoms with Crippen LogP contribution in [-0.2, 0) is 0 Å². The minimum atomic E-state index is -0.0950. The Morgan fingerprint density at radius 3 is 2.90 bits per heavy atom. The van der Waals surface area contributed by atoms with Gasteiger partial charge in [0, 0.05) is 5.56 Å². The molecule has 0 bridgehead atoms. The first-order valence-corrected chi connectivity index (χ1v) is 7.31. The van der Waals surface area contributed by atoms with Crippen molar-refractivity contribution in [2.24, 2.45) is 0 Å². The summed E-state index contributed by atoms with van der Waals surface area (Å²) in [5, 5.41) is 2.81. The number of nitrogens with one attached hydrogen (secondary N) is 1. The van der Waals surface area contributed by atoms with Crippen molar-refractivity contribution in [1.82, 2.24) is 5.32 Å². The molecule has 0 spiro atoms. The van der Waals surface area contributed by atoms with Gasteiger partial charge < -0.3 is 14.5 Å². The molecule has 0 fully saturated rings. The van der Waals surface area contributed by atoms with Gasteiger partial charge in [-0.3, -0.25) is 4.79 Å². The lowest BCUT2D eigenvalue weighted by atomic mass is 10.0. The number of hydrogen-bond acceptors (Lipinski definition) is 3. The molecule has 1 aromatic carbocycles. The van der Waals surface area contributed by atoms with Gasteiger partial charge in [-0.1, -0.05) is 22.0 Å². The van der Waals surface area contributed by atoms with Crippen molar-refractivity contribution in [1.29, 1.82) is 0 Å². The van der Waals surface area contributed by atoms with Crippen molar-refractivity contribution in [3.8, 4) is 5.75 Å². The van der Waals surface area contributed by atoms with Crippen LogP contribution in [0.4, 0.5) is 0 Å². The van der Waals surface area contributed by atoms with Gasteiger partial charge in [0.2, 0.25) is 0 Å². The summed E-state index contributed by atoms with van der Waals surface area (Å²) in [6.07, 6.45) is 1.72. The summed E-state index contributed by atoms with van der Waals surface area (Å²) >= 11 is 3.64. The highest BCUT2D eigenvalue weighted by Crippen LogP contribution is 2.34.